The predicted octanol–water partition coefficient (Wildman–Crippen LogP) is 1.11. The van der Waals surface area contributed by atoms with Crippen LogP contribution in [0.25, 0.3) is 0 Å². The molecule has 0 saturated heterocycles. The summed E-state index contributed by atoms with van der Waals surface area (Å²) in [5, 5.41) is 0. The predicted molar refractivity (Wildman–Crippen MR) is 50.4 cm³/mol. The number of unbranched alkanes of at least 4 members (excludes halogenated alkanes) is 2. The van der Waals surface area contributed by atoms with Crippen molar-refractivity contribution in [3.05, 3.63) is 18.2 Å². The van der Waals surface area contributed by atoms with Crippen molar-refractivity contribution in [2.75, 3.05) is 6.54 Å². The molecule has 4 nitrogen and oxygen atoms in total. The molecule has 1 heterocycles. The van der Waals surface area contributed by atoms with E-state index in [2.05, 4.69) is 9.97 Å². The van der Waals surface area contributed by atoms with Gasteiger partial charge in [0.15, 0.2) is 11.6 Å². The molecule has 3 N–H and O–H groups in total. The molecule has 0 aliphatic rings. The molecule has 4 heteroatoms. The summed E-state index contributed by atoms with van der Waals surface area (Å²) in [6.07, 6.45) is 6.72. The first-order chi connectivity index (χ1) is 6.34. The minimum Gasteiger partial charge on any atom is -0.342 e. The molecular weight excluding hydrogens is 166 g/mol. The highest BCUT2D eigenvalue weighted by atomic mass is 16.1. The lowest BCUT2D eigenvalue weighted by molar-refractivity contribution is 0.0970. The van der Waals surface area contributed by atoms with E-state index in [4.69, 9.17) is 5.73 Å². The highest BCUT2D eigenvalue weighted by Gasteiger charge is 2.06. The SMILES string of the molecule is NCCCCCC(=O)c1ncc[nH]1. The molecule has 0 saturated carbocycles. The average molecular weight is 181 g/mol. The fraction of sp³-hybridized carbons (Fsp3) is 0.556. The zero-order chi connectivity index (χ0) is 9.52. The van der Waals surface area contributed by atoms with Gasteiger partial charge in [-0.05, 0) is 19.4 Å². The smallest absolute Gasteiger partial charge is 0.198 e. The second-order valence-corrected chi connectivity index (χ2v) is 2.96. The van der Waals surface area contributed by atoms with Gasteiger partial charge in [-0.1, -0.05) is 6.42 Å². The van der Waals surface area contributed by atoms with Crippen molar-refractivity contribution in [2.24, 2.45) is 5.73 Å². The molecule has 0 bridgehead atoms. The van der Waals surface area contributed by atoms with Crippen LogP contribution in [0.5, 0.6) is 0 Å². The number of imidazole rings is 1. The quantitative estimate of drug-likeness (QED) is 0.510. The number of nitrogens with zero attached hydrogens (tertiary/aromatic N) is 1. The van der Waals surface area contributed by atoms with E-state index in [1.807, 2.05) is 0 Å². The Morgan fingerprint density at radius 2 is 2.31 bits per heavy atom. The van der Waals surface area contributed by atoms with Gasteiger partial charge in [-0.25, -0.2) is 4.98 Å². The summed E-state index contributed by atoms with van der Waals surface area (Å²) in [6.45, 7) is 0.703. The molecule has 0 unspecified atom stereocenters. The Balaban J connectivity index is 2.19. The third-order valence-electron chi connectivity index (χ3n) is 1.87. The Bertz CT molecular complexity index is 243. The largest absolute Gasteiger partial charge is 0.342 e. The number of Topliss-reactive ketones (excluding diaryl/α,β-unsaturated/α-hetero) is 1. The summed E-state index contributed by atoms with van der Waals surface area (Å²) in [5.41, 5.74) is 5.34. The number of hydrogen-bond donors (Lipinski definition) is 2. The Labute approximate surface area is 77.6 Å². The van der Waals surface area contributed by atoms with E-state index in [-0.39, 0.29) is 5.78 Å². The minimum atomic E-state index is 0.0852. The van der Waals surface area contributed by atoms with Crippen molar-refractivity contribution in [1.29, 1.82) is 0 Å². The van der Waals surface area contributed by atoms with Crippen molar-refractivity contribution < 1.29 is 4.79 Å². The number of rotatable bonds is 6. The third kappa shape index (κ3) is 3.38. The Morgan fingerprint density at radius 1 is 1.46 bits per heavy atom. The first-order valence-electron chi connectivity index (χ1n) is 4.57. The van der Waals surface area contributed by atoms with Crippen LogP contribution in [0.1, 0.15) is 36.3 Å². The number of carbonyl (C=O) groups is 1. The average Bonchev–Trinajstić information content (AvgIpc) is 2.65. The van der Waals surface area contributed by atoms with Crippen LogP contribution in [-0.2, 0) is 0 Å². The standard InChI is InChI=1S/C9H15N3O/c10-5-3-1-2-4-8(13)9-11-6-7-12-9/h6-7H,1-5,10H2,(H,11,12). The molecule has 0 aliphatic carbocycles. The summed E-state index contributed by atoms with van der Waals surface area (Å²) in [4.78, 5) is 18.0. The first-order valence-corrected chi connectivity index (χ1v) is 4.57. The molecule has 1 aromatic rings. The second kappa shape index (κ2) is 5.48. The lowest BCUT2D eigenvalue weighted by atomic mass is 10.1. The van der Waals surface area contributed by atoms with Crippen LogP contribution in [0.4, 0.5) is 0 Å². The van der Waals surface area contributed by atoms with Crippen molar-refractivity contribution in [1.82, 2.24) is 9.97 Å². The number of ketones is 1. The van der Waals surface area contributed by atoms with E-state index in [1.165, 1.54) is 0 Å². The summed E-state index contributed by atoms with van der Waals surface area (Å²) in [7, 11) is 0. The fourth-order valence-corrected chi connectivity index (χ4v) is 1.14. The van der Waals surface area contributed by atoms with E-state index in [1.54, 1.807) is 12.4 Å². The number of nitrogens with one attached hydrogen (secondary N) is 1. The van der Waals surface area contributed by atoms with Gasteiger partial charge >= 0.3 is 0 Å². The Morgan fingerprint density at radius 3 is 2.92 bits per heavy atom. The van der Waals surface area contributed by atoms with Gasteiger partial charge in [-0.15, -0.1) is 0 Å². The lowest BCUT2D eigenvalue weighted by Crippen LogP contribution is -2.02. The van der Waals surface area contributed by atoms with Gasteiger partial charge in [-0.2, -0.15) is 0 Å². The summed E-state index contributed by atoms with van der Waals surface area (Å²) >= 11 is 0. The van der Waals surface area contributed by atoms with E-state index in [9.17, 15) is 4.79 Å². The fourth-order valence-electron chi connectivity index (χ4n) is 1.14. The zero-order valence-electron chi connectivity index (χ0n) is 7.62. The number of nitrogens with two attached hydrogens (primary N) is 1. The molecule has 1 aromatic heterocycles. The number of aromatic nitrogens is 2. The number of hydrogen-bond acceptors (Lipinski definition) is 3. The number of H-pyrrole nitrogens is 1. The molecule has 1 rings (SSSR count). The van der Waals surface area contributed by atoms with Gasteiger partial charge in [0.2, 0.25) is 0 Å². The number of carbonyl (C=O) groups excluding carboxylic acids is 1. The van der Waals surface area contributed by atoms with Crippen molar-refractivity contribution >= 4 is 5.78 Å². The van der Waals surface area contributed by atoms with Crippen molar-refractivity contribution in [3.63, 3.8) is 0 Å². The molecule has 72 valence electrons. The third-order valence-corrected chi connectivity index (χ3v) is 1.87. The van der Waals surface area contributed by atoms with Crippen LogP contribution in [0.3, 0.4) is 0 Å². The van der Waals surface area contributed by atoms with Crippen LogP contribution < -0.4 is 5.73 Å². The molecule has 0 fully saturated rings. The molecule has 0 aliphatic heterocycles. The van der Waals surface area contributed by atoms with E-state index in [0.29, 0.717) is 18.8 Å². The maximum absolute atomic E-state index is 11.3. The van der Waals surface area contributed by atoms with Crippen molar-refractivity contribution in [2.45, 2.75) is 25.7 Å². The molecular formula is C9H15N3O. The van der Waals surface area contributed by atoms with Crippen molar-refractivity contribution in [3.8, 4) is 0 Å². The van der Waals surface area contributed by atoms with E-state index in [0.717, 1.165) is 19.3 Å². The normalized spacial score (nSPS) is 10.2. The molecule has 13 heavy (non-hydrogen) atoms. The molecule has 0 amide bonds. The Hall–Kier alpha value is -1.16. The highest BCUT2D eigenvalue weighted by Crippen LogP contribution is 2.03. The van der Waals surface area contributed by atoms with E-state index >= 15 is 0 Å². The van der Waals surface area contributed by atoms with Gasteiger partial charge in [-0.3, -0.25) is 4.79 Å². The molecule has 0 aromatic carbocycles. The topological polar surface area (TPSA) is 71.8 Å². The molecule has 0 radical (unpaired) electrons. The van der Waals surface area contributed by atoms with Crippen LogP contribution in [0.15, 0.2) is 12.4 Å². The van der Waals surface area contributed by atoms with Crippen LogP contribution in [0.2, 0.25) is 0 Å². The molecule has 0 spiro atoms. The number of aromatic amines is 1. The zero-order valence-corrected chi connectivity index (χ0v) is 7.62. The summed E-state index contributed by atoms with van der Waals surface area (Å²) in [5.74, 6) is 0.551. The lowest BCUT2D eigenvalue weighted by Gasteiger charge is -1.96. The van der Waals surface area contributed by atoms with Gasteiger partial charge in [0.05, 0.1) is 0 Å². The minimum absolute atomic E-state index is 0.0852. The Kier molecular flexibility index (Phi) is 4.18. The van der Waals surface area contributed by atoms with Gasteiger partial charge in [0, 0.05) is 18.8 Å². The summed E-state index contributed by atoms with van der Waals surface area (Å²) < 4.78 is 0. The van der Waals surface area contributed by atoms with E-state index < -0.39 is 0 Å². The maximum Gasteiger partial charge on any atom is 0.198 e. The van der Waals surface area contributed by atoms with Gasteiger partial charge in [0.25, 0.3) is 0 Å². The second-order valence-electron chi connectivity index (χ2n) is 2.96. The van der Waals surface area contributed by atoms with Crippen LogP contribution in [0, 0.1) is 0 Å². The summed E-state index contributed by atoms with van der Waals surface area (Å²) in [6, 6.07) is 0. The van der Waals surface area contributed by atoms with Crippen LogP contribution in [-0.4, -0.2) is 22.3 Å². The maximum atomic E-state index is 11.3. The first kappa shape index (κ1) is 9.92. The monoisotopic (exact) mass is 181 g/mol. The van der Waals surface area contributed by atoms with Gasteiger partial charge < -0.3 is 10.7 Å². The van der Waals surface area contributed by atoms with Crippen LogP contribution >= 0.6 is 0 Å². The highest BCUT2D eigenvalue weighted by molar-refractivity contribution is 5.92. The van der Waals surface area contributed by atoms with Gasteiger partial charge in [0.1, 0.15) is 0 Å². The molecule has 0 atom stereocenters.